The minimum absolute atomic E-state index is 0.820. The fraction of sp³-hybridized carbons (Fsp3) is 1.00. The van der Waals surface area contributed by atoms with Gasteiger partial charge in [-0.2, -0.15) is 0 Å². The molecule has 0 N–H and O–H groups in total. The largest absolute Gasteiger partial charge is 0.301 e. The smallest absolute Gasteiger partial charge is 0.00643 e. The van der Waals surface area contributed by atoms with E-state index in [4.69, 9.17) is 0 Å². The van der Waals surface area contributed by atoms with Crippen molar-refractivity contribution in [2.24, 2.45) is 0 Å². The van der Waals surface area contributed by atoms with Gasteiger partial charge in [-0.3, -0.25) is 0 Å². The van der Waals surface area contributed by atoms with Crippen LogP contribution in [0.1, 0.15) is 39.5 Å². The third kappa shape index (κ3) is 1.98. The monoisotopic (exact) mass is 141 g/mol. The lowest BCUT2D eigenvalue weighted by atomic mass is 10.1. The molecule has 1 aliphatic heterocycles. The van der Waals surface area contributed by atoms with E-state index in [0.717, 1.165) is 6.04 Å². The van der Waals surface area contributed by atoms with Crippen molar-refractivity contribution in [3.05, 3.63) is 0 Å². The van der Waals surface area contributed by atoms with Crippen LogP contribution in [0.2, 0.25) is 0 Å². The van der Waals surface area contributed by atoms with Crippen LogP contribution in [-0.4, -0.2) is 24.0 Å². The molecule has 1 heteroatoms. The van der Waals surface area contributed by atoms with Crippen molar-refractivity contribution < 1.29 is 0 Å². The maximum Gasteiger partial charge on any atom is 0.00643 e. The molecule has 1 rings (SSSR count). The normalized spacial score (nSPS) is 24.6. The van der Waals surface area contributed by atoms with Gasteiger partial charge in [0.15, 0.2) is 0 Å². The van der Waals surface area contributed by atoms with Crippen LogP contribution in [0.25, 0.3) is 0 Å². The molecule has 10 heavy (non-hydrogen) atoms. The van der Waals surface area contributed by atoms with Gasteiger partial charge in [0.2, 0.25) is 0 Å². The molecule has 1 atom stereocenters. The molecule has 0 unspecified atom stereocenters. The van der Waals surface area contributed by atoms with Crippen LogP contribution in [0.3, 0.4) is 0 Å². The minimum atomic E-state index is 0.820. The number of piperidine rings is 1. The summed E-state index contributed by atoms with van der Waals surface area (Å²) in [5, 5.41) is 0. The Morgan fingerprint density at radius 2 is 1.80 bits per heavy atom. The summed E-state index contributed by atoms with van der Waals surface area (Å²) in [4.78, 5) is 2.61. The van der Waals surface area contributed by atoms with Crippen molar-refractivity contribution in [1.29, 1.82) is 0 Å². The fourth-order valence-corrected chi connectivity index (χ4v) is 1.62. The first kappa shape index (κ1) is 8.06. The van der Waals surface area contributed by atoms with E-state index in [1.54, 1.807) is 0 Å². The van der Waals surface area contributed by atoms with Crippen molar-refractivity contribution in [3.8, 4) is 0 Å². The summed E-state index contributed by atoms with van der Waals surface area (Å²) < 4.78 is 0. The highest BCUT2D eigenvalue weighted by molar-refractivity contribution is 4.69. The molecule has 0 amide bonds. The van der Waals surface area contributed by atoms with E-state index < -0.39 is 0 Å². The van der Waals surface area contributed by atoms with Crippen LogP contribution in [-0.2, 0) is 0 Å². The van der Waals surface area contributed by atoms with Crippen LogP contribution >= 0.6 is 0 Å². The van der Waals surface area contributed by atoms with Crippen LogP contribution < -0.4 is 0 Å². The number of nitrogens with zero attached hydrogens (tertiary/aromatic N) is 1. The summed E-state index contributed by atoms with van der Waals surface area (Å²) >= 11 is 0. The van der Waals surface area contributed by atoms with E-state index >= 15 is 0 Å². The van der Waals surface area contributed by atoms with Crippen molar-refractivity contribution in [2.45, 2.75) is 45.6 Å². The van der Waals surface area contributed by atoms with Gasteiger partial charge in [-0.05, 0) is 39.3 Å². The van der Waals surface area contributed by atoms with E-state index in [2.05, 4.69) is 18.7 Å². The molecule has 1 nitrogen and oxygen atoms in total. The van der Waals surface area contributed by atoms with Gasteiger partial charge in [-0.1, -0.05) is 13.3 Å². The highest BCUT2D eigenvalue weighted by Gasteiger charge is 2.13. The van der Waals surface area contributed by atoms with Gasteiger partial charge in [-0.25, -0.2) is 0 Å². The average molecular weight is 141 g/mol. The zero-order chi connectivity index (χ0) is 7.40. The summed E-state index contributed by atoms with van der Waals surface area (Å²) in [5.74, 6) is 0. The number of rotatable bonds is 2. The molecule has 0 aromatic carbocycles. The molecule has 1 heterocycles. The van der Waals surface area contributed by atoms with Crippen LogP contribution in [0.5, 0.6) is 0 Å². The molecule has 1 aliphatic rings. The Bertz CT molecular complexity index is 84.7. The predicted octanol–water partition coefficient (Wildman–Crippen LogP) is 2.27. The number of likely N-dealkylation sites (tertiary alicyclic amines) is 1. The zero-order valence-electron chi connectivity index (χ0n) is 7.27. The van der Waals surface area contributed by atoms with E-state index in [1.807, 2.05) is 0 Å². The van der Waals surface area contributed by atoms with Gasteiger partial charge in [0, 0.05) is 6.04 Å². The molecule has 0 saturated carbocycles. The van der Waals surface area contributed by atoms with E-state index in [-0.39, 0.29) is 0 Å². The Morgan fingerprint density at radius 3 is 2.30 bits per heavy atom. The van der Waals surface area contributed by atoms with Crippen molar-refractivity contribution in [1.82, 2.24) is 4.90 Å². The molecule has 0 aromatic heterocycles. The van der Waals surface area contributed by atoms with Gasteiger partial charge < -0.3 is 4.90 Å². The minimum Gasteiger partial charge on any atom is -0.301 e. The summed E-state index contributed by atoms with van der Waals surface area (Å²) in [6.07, 6.45) is 5.60. The molecular formula is C9H19N. The zero-order valence-corrected chi connectivity index (χ0v) is 7.27. The molecule has 60 valence electrons. The molecule has 0 bridgehead atoms. The molecular weight excluding hydrogens is 122 g/mol. The number of hydrogen-bond acceptors (Lipinski definition) is 1. The Morgan fingerprint density at radius 1 is 1.20 bits per heavy atom. The lowest BCUT2D eigenvalue weighted by Crippen LogP contribution is -2.36. The van der Waals surface area contributed by atoms with Gasteiger partial charge in [0.05, 0.1) is 0 Å². The summed E-state index contributed by atoms with van der Waals surface area (Å²) in [5.41, 5.74) is 0. The maximum atomic E-state index is 2.61. The molecule has 0 spiro atoms. The van der Waals surface area contributed by atoms with Crippen molar-refractivity contribution >= 4 is 0 Å². The summed E-state index contributed by atoms with van der Waals surface area (Å²) in [6.45, 7) is 7.30. The second kappa shape index (κ2) is 3.97. The second-order valence-corrected chi connectivity index (χ2v) is 3.35. The first-order valence-electron chi connectivity index (χ1n) is 4.58. The lowest BCUT2D eigenvalue weighted by molar-refractivity contribution is 0.170. The Kier molecular flexibility index (Phi) is 3.20. The first-order chi connectivity index (χ1) is 4.84. The number of hydrogen-bond donors (Lipinski definition) is 0. The quantitative estimate of drug-likeness (QED) is 0.570. The molecule has 0 radical (unpaired) electrons. The predicted molar refractivity (Wildman–Crippen MR) is 45.2 cm³/mol. The van der Waals surface area contributed by atoms with Crippen molar-refractivity contribution in [2.75, 3.05) is 13.1 Å². The molecule has 1 saturated heterocycles. The maximum absolute atomic E-state index is 2.61. The van der Waals surface area contributed by atoms with Crippen LogP contribution in [0.4, 0.5) is 0 Å². The highest BCUT2D eigenvalue weighted by Crippen LogP contribution is 2.13. The highest BCUT2D eigenvalue weighted by atomic mass is 15.1. The first-order valence-corrected chi connectivity index (χ1v) is 4.58. The van der Waals surface area contributed by atoms with Crippen LogP contribution in [0.15, 0.2) is 0 Å². The van der Waals surface area contributed by atoms with Crippen LogP contribution in [0, 0.1) is 0 Å². The van der Waals surface area contributed by atoms with E-state index in [0.29, 0.717) is 0 Å². The molecule has 1 fully saturated rings. The lowest BCUT2D eigenvalue weighted by Gasteiger charge is -2.31. The summed E-state index contributed by atoms with van der Waals surface area (Å²) in [6, 6.07) is 0.820. The van der Waals surface area contributed by atoms with Gasteiger partial charge in [0.25, 0.3) is 0 Å². The standard InChI is InChI=1S/C9H19N/c1-3-9(2)10-7-5-4-6-8-10/h9H,3-8H2,1-2H3/t9-/m0/s1. The van der Waals surface area contributed by atoms with Gasteiger partial charge in [-0.15, -0.1) is 0 Å². The Labute approximate surface area is 64.4 Å². The third-order valence-corrected chi connectivity index (χ3v) is 2.60. The van der Waals surface area contributed by atoms with Gasteiger partial charge >= 0.3 is 0 Å². The Hall–Kier alpha value is -0.0400. The van der Waals surface area contributed by atoms with E-state index in [9.17, 15) is 0 Å². The molecule has 0 aromatic rings. The topological polar surface area (TPSA) is 3.24 Å². The second-order valence-electron chi connectivity index (χ2n) is 3.35. The fourth-order valence-electron chi connectivity index (χ4n) is 1.62. The SMILES string of the molecule is CC[C@H](C)N1CCCCC1. The third-order valence-electron chi connectivity index (χ3n) is 2.60. The Balaban J connectivity index is 2.24. The van der Waals surface area contributed by atoms with Crippen molar-refractivity contribution in [3.63, 3.8) is 0 Å². The summed E-state index contributed by atoms with van der Waals surface area (Å²) in [7, 11) is 0. The molecule has 0 aliphatic carbocycles. The average Bonchev–Trinajstić information content (AvgIpc) is 2.05. The van der Waals surface area contributed by atoms with Gasteiger partial charge in [0.1, 0.15) is 0 Å². The van der Waals surface area contributed by atoms with E-state index in [1.165, 1.54) is 38.8 Å².